The summed E-state index contributed by atoms with van der Waals surface area (Å²) in [7, 11) is 0. The Hall–Kier alpha value is -1.12. The summed E-state index contributed by atoms with van der Waals surface area (Å²) < 4.78 is 11.7. The Kier molecular flexibility index (Phi) is 19.1. The van der Waals surface area contributed by atoms with Crippen LogP contribution in [0.3, 0.4) is 0 Å². The lowest BCUT2D eigenvalue weighted by Crippen LogP contribution is -2.37. The molecule has 234 valence electrons. The minimum absolute atomic E-state index is 0.0634. The molecule has 1 heterocycles. The highest BCUT2D eigenvalue weighted by Crippen LogP contribution is 2.27. The van der Waals surface area contributed by atoms with E-state index < -0.39 is 17.2 Å². The van der Waals surface area contributed by atoms with Crippen LogP contribution in [0.25, 0.3) is 0 Å². The number of amides is 2. The summed E-state index contributed by atoms with van der Waals surface area (Å²) in [4.78, 5) is 37.5. The van der Waals surface area contributed by atoms with Gasteiger partial charge in [-0.2, -0.15) is 0 Å². The van der Waals surface area contributed by atoms with Gasteiger partial charge in [0.05, 0.1) is 42.6 Å². The Labute approximate surface area is 248 Å². The first-order valence-corrected chi connectivity index (χ1v) is 17.0. The summed E-state index contributed by atoms with van der Waals surface area (Å²) in [5.74, 6) is -0.155. The zero-order valence-electron chi connectivity index (χ0n) is 26.3. The van der Waals surface area contributed by atoms with Gasteiger partial charge in [-0.1, -0.05) is 90.4 Å². The van der Waals surface area contributed by atoms with Crippen LogP contribution in [0, 0.1) is 0 Å². The van der Waals surface area contributed by atoms with Gasteiger partial charge >= 0.3 is 5.97 Å². The zero-order chi connectivity index (χ0) is 29.9. The number of carboxylic acid groups (broad SMARTS) is 1. The second kappa shape index (κ2) is 20.7. The average Bonchev–Trinajstić information content (AvgIpc) is 3.12. The van der Waals surface area contributed by atoms with Crippen LogP contribution in [0.2, 0.25) is 0 Å². The molecule has 0 bridgehead atoms. The average molecular weight is 586 g/mol. The van der Waals surface area contributed by atoms with Gasteiger partial charge in [0.25, 0.3) is 0 Å². The molecule has 0 saturated carbocycles. The van der Waals surface area contributed by atoms with Crippen molar-refractivity contribution in [2.45, 2.75) is 160 Å². The molecule has 0 aromatic carbocycles. The largest absolute Gasteiger partial charge is 0.481 e. The summed E-state index contributed by atoms with van der Waals surface area (Å²) in [5.41, 5.74) is -1.25. The Bertz CT molecular complexity index is 726. The number of nitrogens with zero attached hydrogens (tertiary/aromatic N) is 1. The van der Waals surface area contributed by atoms with E-state index in [0.29, 0.717) is 13.0 Å². The fourth-order valence-corrected chi connectivity index (χ4v) is 6.20. The molecule has 1 atom stereocenters. The van der Waals surface area contributed by atoms with Gasteiger partial charge < -0.3 is 14.6 Å². The van der Waals surface area contributed by atoms with E-state index in [1.54, 1.807) is 25.6 Å². The van der Waals surface area contributed by atoms with Crippen molar-refractivity contribution in [3.63, 3.8) is 0 Å². The van der Waals surface area contributed by atoms with Crippen molar-refractivity contribution in [2.75, 3.05) is 25.5 Å². The van der Waals surface area contributed by atoms with Crippen LogP contribution in [0.15, 0.2) is 0 Å². The van der Waals surface area contributed by atoms with Crippen molar-refractivity contribution in [3.05, 3.63) is 0 Å². The lowest BCUT2D eigenvalue weighted by molar-refractivity contribution is -0.146. The van der Waals surface area contributed by atoms with E-state index >= 15 is 0 Å². The molecular weight excluding hydrogens is 526 g/mol. The standard InChI is InChI=1S/C32H59NO6S/c1-6-7-8-9-10-11-12-13-14-15-16-17-18-19-24-40-27-25-28(34)33(30(27)37)21-23-39-31(2,3)20-22-38-32(4,5)26-29(35)36/h27H,6-26H2,1-5H3,(H,35,36). The molecule has 0 aromatic heterocycles. The predicted octanol–water partition coefficient (Wildman–Crippen LogP) is 7.78. The number of unbranched alkanes of at least 4 members (excludes halogenated alkanes) is 13. The molecule has 40 heavy (non-hydrogen) atoms. The molecule has 1 fully saturated rings. The first-order valence-electron chi connectivity index (χ1n) is 15.9. The SMILES string of the molecule is CCCCCCCCCCCCCCCCSC1CC(=O)N(CCOC(C)(C)CCOC(C)(C)CC(=O)O)C1=O. The van der Waals surface area contributed by atoms with Crippen molar-refractivity contribution in [1.82, 2.24) is 4.90 Å². The van der Waals surface area contributed by atoms with Crippen LogP contribution >= 0.6 is 11.8 Å². The van der Waals surface area contributed by atoms with Gasteiger partial charge in [-0.15, -0.1) is 11.8 Å². The van der Waals surface area contributed by atoms with E-state index in [4.69, 9.17) is 14.6 Å². The van der Waals surface area contributed by atoms with E-state index in [-0.39, 0.29) is 43.1 Å². The van der Waals surface area contributed by atoms with Crippen molar-refractivity contribution < 1.29 is 29.0 Å². The summed E-state index contributed by atoms with van der Waals surface area (Å²) in [6.45, 7) is 10.6. The lowest BCUT2D eigenvalue weighted by Gasteiger charge is -2.29. The molecule has 1 aliphatic heterocycles. The maximum absolute atomic E-state index is 12.8. The molecule has 7 nitrogen and oxygen atoms in total. The third kappa shape index (κ3) is 17.6. The topological polar surface area (TPSA) is 93.1 Å². The maximum atomic E-state index is 12.8. The molecule has 1 unspecified atom stereocenters. The number of rotatable bonds is 26. The van der Waals surface area contributed by atoms with Crippen LogP contribution in [0.4, 0.5) is 0 Å². The van der Waals surface area contributed by atoms with E-state index in [0.717, 1.165) is 12.2 Å². The number of carbonyl (C=O) groups excluding carboxylic acids is 2. The van der Waals surface area contributed by atoms with Crippen molar-refractivity contribution in [1.29, 1.82) is 0 Å². The quantitative estimate of drug-likeness (QED) is 0.0818. The third-order valence-corrected chi connectivity index (χ3v) is 8.90. The minimum Gasteiger partial charge on any atom is -0.481 e. The Morgan fingerprint density at radius 1 is 0.825 bits per heavy atom. The van der Waals surface area contributed by atoms with Crippen LogP contribution in [-0.2, 0) is 23.9 Å². The second-order valence-electron chi connectivity index (χ2n) is 12.6. The van der Waals surface area contributed by atoms with Gasteiger partial charge in [-0.25, -0.2) is 0 Å². The van der Waals surface area contributed by atoms with Crippen LogP contribution in [-0.4, -0.2) is 69.8 Å². The first-order chi connectivity index (χ1) is 19.0. The smallest absolute Gasteiger partial charge is 0.306 e. The predicted molar refractivity (Wildman–Crippen MR) is 165 cm³/mol. The van der Waals surface area contributed by atoms with Crippen molar-refractivity contribution >= 4 is 29.5 Å². The molecule has 1 aliphatic rings. The lowest BCUT2D eigenvalue weighted by atomic mass is 10.0. The highest BCUT2D eigenvalue weighted by atomic mass is 32.2. The van der Waals surface area contributed by atoms with Gasteiger partial charge in [0.2, 0.25) is 11.8 Å². The molecule has 0 aromatic rings. The number of likely N-dealkylation sites (tertiary alicyclic amines) is 1. The molecule has 0 aliphatic carbocycles. The van der Waals surface area contributed by atoms with E-state index in [2.05, 4.69) is 6.92 Å². The fraction of sp³-hybridized carbons (Fsp3) is 0.906. The molecule has 1 rings (SSSR count). The number of ether oxygens (including phenoxy) is 2. The number of carbonyl (C=O) groups is 3. The molecule has 0 spiro atoms. The van der Waals surface area contributed by atoms with Crippen molar-refractivity contribution in [2.24, 2.45) is 0 Å². The van der Waals surface area contributed by atoms with E-state index in [1.165, 1.54) is 88.4 Å². The second-order valence-corrected chi connectivity index (χ2v) is 13.9. The monoisotopic (exact) mass is 585 g/mol. The van der Waals surface area contributed by atoms with Crippen molar-refractivity contribution in [3.8, 4) is 0 Å². The number of thioether (sulfide) groups is 1. The molecular formula is C32H59NO6S. The highest BCUT2D eigenvalue weighted by Gasteiger charge is 2.38. The van der Waals surface area contributed by atoms with Gasteiger partial charge in [0.1, 0.15) is 0 Å². The number of hydrogen-bond donors (Lipinski definition) is 1. The normalized spacial score (nSPS) is 16.3. The summed E-state index contributed by atoms with van der Waals surface area (Å²) in [5, 5.41) is 8.72. The Morgan fingerprint density at radius 2 is 1.32 bits per heavy atom. The number of imide groups is 1. The zero-order valence-corrected chi connectivity index (χ0v) is 27.1. The van der Waals surface area contributed by atoms with Gasteiger partial charge in [0.15, 0.2) is 0 Å². The molecule has 1 saturated heterocycles. The summed E-state index contributed by atoms with van der Waals surface area (Å²) in [6.07, 6.45) is 19.5. The minimum atomic E-state index is -0.892. The summed E-state index contributed by atoms with van der Waals surface area (Å²) in [6, 6.07) is 0. The van der Waals surface area contributed by atoms with Gasteiger partial charge in [-0.05, 0) is 46.3 Å². The Balaban J connectivity index is 2.09. The Morgan fingerprint density at radius 3 is 1.85 bits per heavy atom. The van der Waals surface area contributed by atoms with Crippen LogP contribution in [0.1, 0.15) is 144 Å². The van der Waals surface area contributed by atoms with Crippen LogP contribution < -0.4 is 0 Å². The van der Waals surface area contributed by atoms with Gasteiger partial charge in [0, 0.05) is 6.42 Å². The van der Waals surface area contributed by atoms with Gasteiger partial charge in [-0.3, -0.25) is 19.3 Å². The molecule has 0 radical (unpaired) electrons. The number of aliphatic carboxylic acids is 1. The fourth-order valence-electron chi connectivity index (χ4n) is 5.01. The molecule has 2 amide bonds. The van der Waals surface area contributed by atoms with E-state index in [9.17, 15) is 14.4 Å². The van der Waals surface area contributed by atoms with E-state index in [1.807, 2.05) is 13.8 Å². The third-order valence-electron chi connectivity index (χ3n) is 7.60. The summed E-state index contributed by atoms with van der Waals surface area (Å²) >= 11 is 1.63. The molecule has 8 heteroatoms. The highest BCUT2D eigenvalue weighted by molar-refractivity contribution is 8.00. The number of hydrogen-bond acceptors (Lipinski definition) is 6. The van der Waals surface area contributed by atoms with Crippen LogP contribution in [0.5, 0.6) is 0 Å². The first kappa shape index (κ1) is 36.9. The number of carboxylic acids is 1. The molecule has 1 N–H and O–H groups in total. The maximum Gasteiger partial charge on any atom is 0.306 e.